The minimum Gasteiger partial charge on any atom is -0.452 e. The second kappa shape index (κ2) is 8.99. The molecule has 0 aliphatic heterocycles. The topological polar surface area (TPSA) is 81.4 Å². The van der Waals surface area contributed by atoms with Gasteiger partial charge in [0.15, 0.2) is 11.9 Å². The van der Waals surface area contributed by atoms with Crippen LogP contribution in [0.15, 0.2) is 71.3 Å². The van der Waals surface area contributed by atoms with Crippen LogP contribution in [0.4, 0.5) is 5.82 Å². The molecule has 0 aliphatic carbocycles. The van der Waals surface area contributed by atoms with Crippen LogP contribution in [0.3, 0.4) is 0 Å². The van der Waals surface area contributed by atoms with Gasteiger partial charge in [0.05, 0.1) is 0 Å². The maximum absolute atomic E-state index is 13.0. The number of ether oxygens (including phenoxy) is 1. The standard InChI is InChI=1S/C22H22N2O4/c1-3-18(21(25)23-19-14-15(2)28-24-19)27-22(26)20(16-10-6-4-7-11-16)17-12-8-5-9-13-17/h4-14,18,20H,3H2,1-2H3,(H,23,24,25). The first-order valence-electron chi connectivity index (χ1n) is 9.13. The summed E-state index contributed by atoms with van der Waals surface area (Å²) >= 11 is 0. The number of aromatic nitrogens is 1. The van der Waals surface area contributed by atoms with E-state index in [-0.39, 0.29) is 0 Å². The van der Waals surface area contributed by atoms with Crippen molar-refractivity contribution in [3.8, 4) is 0 Å². The van der Waals surface area contributed by atoms with Crippen molar-refractivity contribution in [1.82, 2.24) is 5.16 Å². The Morgan fingerprint density at radius 2 is 1.61 bits per heavy atom. The zero-order valence-electron chi connectivity index (χ0n) is 15.8. The average Bonchev–Trinajstić information content (AvgIpc) is 3.12. The smallest absolute Gasteiger partial charge is 0.318 e. The van der Waals surface area contributed by atoms with Crippen molar-refractivity contribution >= 4 is 17.7 Å². The number of aryl methyl sites for hydroxylation is 1. The summed E-state index contributed by atoms with van der Waals surface area (Å²) in [6.45, 7) is 3.51. The van der Waals surface area contributed by atoms with Gasteiger partial charge < -0.3 is 14.6 Å². The van der Waals surface area contributed by atoms with Crippen LogP contribution in [0, 0.1) is 6.92 Å². The summed E-state index contributed by atoms with van der Waals surface area (Å²) in [5.41, 5.74) is 1.61. The number of rotatable bonds is 7. The van der Waals surface area contributed by atoms with Crippen LogP contribution in [0.2, 0.25) is 0 Å². The van der Waals surface area contributed by atoms with Gasteiger partial charge in [-0.25, -0.2) is 0 Å². The Hall–Kier alpha value is -3.41. The van der Waals surface area contributed by atoms with E-state index in [1.165, 1.54) is 0 Å². The van der Waals surface area contributed by atoms with E-state index in [2.05, 4.69) is 10.5 Å². The molecule has 0 bridgehead atoms. The second-order valence-electron chi connectivity index (χ2n) is 6.40. The molecular formula is C22H22N2O4. The van der Waals surface area contributed by atoms with E-state index in [1.807, 2.05) is 60.7 Å². The molecule has 1 amide bonds. The summed E-state index contributed by atoms with van der Waals surface area (Å²) < 4.78 is 10.5. The van der Waals surface area contributed by atoms with E-state index >= 15 is 0 Å². The normalized spacial score (nSPS) is 11.8. The molecule has 0 radical (unpaired) electrons. The summed E-state index contributed by atoms with van der Waals surface area (Å²) in [6, 6.07) is 20.4. The molecule has 0 aliphatic rings. The lowest BCUT2D eigenvalue weighted by Gasteiger charge is -2.21. The van der Waals surface area contributed by atoms with Gasteiger partial charge in [-0.05, 0) is 24.5 Å². The van der Waals surface area contributed by atoms with Crippen molar-refractivity contribution < 1.29 is 18.8 Å². The predicted octanol–water partition coefficient (Wildman–Crippen LogP) is 4.08. The summed E-state index contributed by atoms with van der Waals surface area (Å²) in [4.78, 5) is 25.6. The van der Waals surface area contributed by atoms with E-state index in [0.29, 0.717) is 18.0 Å². The van der Waals surface area contributed by atoms with Crippen molar-refractivity contribution in [2.45, 2.75) is 32.3 Å². The van der Waals surface area contributed by atoms with E-state index in [4.69, 9.17) is 9.26 Å². The molecule has 0 fully saturated rings. The van der Waals surface area contributed by atoms with E-state index < -0.39 is 23.9 Å². The van der Waals surface area contributed by atoms with E-state index in [9.17, 15) is 9.59 Å². The van der Waals surface area contributed by atoms with Gasteiger partial charge in [-0.15, -0.1) is 0 Å². The molecule has 144 valence electrons. The van der Waals surface area contributed by atoms with Gasteiger partial charge >= 0.3 is 5.97 Å². The lowest BCUT2D eigenvalue weighted by molar-refractivity contribution is -0.155. The number of esters is 1. The monoisotopic (exact) mass is 378 g/mol. The SMILES string of the molecule is CCC(OC(=O)C(c1ccccc1)c1ccccc1)C(=O)Nc1cc(C)on1. The Morgan fingerprint density at radius 1 is 1.04 bits per heavy atom. The Bertz CT molecular complexity index is 882. The number of nitrogens with one attached hydrogen (secondary N) is 1. The lowest BCUT2D eigenvalue weighted by Crippen LogP contribution is -2.34. The molecule has 1 aromatic heterocycles. The number of carbonyl (C=O) groups excluding carboxylic acids is 2. The molecule has 0 saturated heterocycles. The fraction of sp³-hybridized carbons (Fsp3) is 0.227. The summed E-state index contributed by atoms with van der Waals surface area (Å²) in [5, 5.41) is 6.35. The van der Waals surface area contributed by atoms with E-state index in [0.717, 1.165) is 11.1 Å². The number of hydrogen-bond donors (Lipinski definition) is 1. The van der Waals surface area contributed by atoms with Crippen LogP contribution >= 0.6 is 0 Å². The lowest BCUT2D eigenvalue weighted by atomic mass is 9.91. The van der Waals surface area contributed by atoms with Crippen molar-refractivity contribution in [2.75, 3.05) is 5.32 Å². The molecule has 0 saturated carbocycles. The average molecular weight is 378 g/mol. The van der Waals surface area contributed by atoms with Gasteiger partial charge in [0, 0.05) is 6.07 Å². The Kier molecular flexibility index (Phi) is 6.22. The third-order valence-electron chi connectivity index (χ3n) is 4.30. The minimum absolute atomic E-state index is 0.291. The van der Waals surface area contributed by atoms with Crippen LogP contribution in [0.1, 0.15) is 36.1 Å². The van der Waals surface area contributed by atoms with Crippen LogP contribution in [-0.2, 0) is 14.3 Å². The largest absolute Gasteiger partial charge is 0.452 e. The third-order valence-corrected chi connectivity index (χ3v) is 4.30. The number of benzene rings is 2. The minimum atomic E-state index is -0.931. The van der Waals surface area contributed by atoms with Gasteiger partial charge in [0.2, 0.25) is 0 Å². The molecule has 1 heterocycles. The van der Waals surface area contributed by atoms with Crippen molar-refractivity contribution in [2.24, 2.45) is 0 Å². The van der Waals surface area contributed by atoms with Crippen LogP contribution in [0.25, 0.3) is 0 Å². The van der Waals surface area contributed by atoms with Gasteiger partial charge in [-0.1, -0.05) is 72.7 Å². The molecule has 1 atom stereocenters. The maximum atomic E-state index is 13.0. The molecule has 0 spiro atoms. The number of anilines is 1. The number of amides is 1. The van der Waals surface area contributed by atoms with E-state index in [1.54, 1.807) is 19.9 Å². The Morgan fingerprint density at radius 3 is 2.07 bits per heavy atom. The second-order valence-corrected chi connectivity index (χ2v) is 6.40. The number of nitrogens with zero attached hydrogens (tertiary/aromatic N) is 1. The molecule has 3 aromatic rings. The summed E-state index contributed by atoms with van der Waals surface area (Å²) in [6.07, 6.45) is -0.593. The first-order chi connectivity index (χ1) is 13.6. The van der Waals surface area contributed by atoms with Crippen LogP contribution < -0.4 is 5.32 Å². The molecule has 3 rings (SSSR count). The predicted molar refractivity (Wildman–Crippen MR) is 105 cm³/mol. The molecule has 28 heavy (non-hydrogen) atoms. The first-order valence-corrected chi connectivity index (χ1v) is 9.13. The first kappa shape index (κ1) is 19.4. The fourth-order valence-corrected chi connectivity index (χ4v) is 2.92. The van der Waals surface area contributed by atoms with Crippen molar-refractivity contribution in [3.63, 3.8) is 0 Å². The highest BCUT2D eigenvalue weighted by atomic mass is 16.5. The zero-order chi connectivity index (χ0) is 19.9. The number of carbonyl (C=O) groups is 2. The fourth-order valence-electron chi connectivity index (χ4n) is 2.92. The molecule has 6 heteroatoms. The van der Waals surface area contributed by atoms with Crippen LogP contribution in [-0.4, -0.2) is 23.1 Å². The van der Waals surface area contributed by atoms with Crippen molar-refractivity contribution in [3.05, 3.63) is 83.6 Å². The van der Waals surface area contributed by atoms with Gasteiger partial charge in [0.25, 0.3) is 5.91 Å². The van der Waals surface area contributed by atoms with Gasteiger partial charge in [-0.3, -0.25) is 9.59 Å². The highest BCUT2D eigenvalue weighted by Gasteiger charge is 2.29. The number of hydrogen-bond acceptors (Lipinski definition) is 5. The molecule has 1 N–H and O–H groups in total. The van der Waals surface area contributed by atoms with Crippen molar-refractivity contribution in [1.29, 1.82) is 0 Å². The molecule has 2 aromatic carbocycles. The summed E-state index contributed by atoms with van der Waals surface area (Å²) in [5.74, 6) is -0.661. The van der Waals surface area contributed by atoms with Crippen LogP contribution in [0.5, 0.6) is 0 Å². The quantitative estimate of drug-likeness (QED) is 0.627. The molecule has 1 unspecified atom stereocenters. The third kappa shape index (κ3) is 4.65. The molecule has 6 nitrogen and oxygen atoms in total. The summed E-state index contributed by atoms with van der Waals surface area (Å²) in [7, 11) is 0. The zero-order valence-corrected chi connectivity index (χ0v) is 15.8. The highest BCUT2D eigenvalue weighted by molar-refractivity contribution is 5.95. The molecular weight excluding hydrogens is 356 g/mol. The Labute approximate surface area is 163 Å². The maximum Gasteiger partial charge on any atom is 0.318 e. The Balaban J connectivity index is 1.79. The van der Waals surface area contributed by atoms with Gasteiger partial charge in [0.1, 0.15) is 11.7 Å². The highest BCUT2D eigenvalue weighted by Crippen LogP contribution is 2.27. The van der Waals surface area contributed by atoms with Gasteiger partial charge in [-0.2, -0.15) is 0 Å².